The largest absolute Gasteiger partial charge is 0.492 e. The van der Waals surface area contributed by atoms with Crippen molar-refractivity contribution in [3.63, 3.8) is 0 Å². The van der Waals surface area contributed by atoms with E-state index in [4.69, 9.17) is 25.8 Å². The first-order valence-electron chi connectivity index (χ1n) is 10.1. The van der Waals surface area contributed by atoms with E-state index < -0.39 is 17.6 Å². The van der Waals surface area contributed by atoms with Gasteiger partial charge in [-0.15, -0.1) is 0 Å². The van der Waals surface area contributed by atoms with Crippen LogP contribution in [0.15, 0.2) is 23.0 Å². The molecular formula is C22H22ClNO6. The Morgan fingerprint density at radius 3 is 2.63 bits per heavy atom. The van der Waals surface area contributed by atoms with Crippen LogP contribution in [0.4, 0.5) is 0 Å². The van der Waals surface area contributed by atoms with Crippen molar-refractivity contribution in [3.05, 3.63) is 44.7 Å². The zero-order valence-corrected chi connectivity index (χ0v) is 17.5. The van der Waals surface area contributed by atoms with Crippen LogP contribution in [0.3, 0.4) is 0 Å². The summed E-state index contributed by atoms with van der Waals surface area (Å²) in [5, 5.41) is 10.1. The van der Waals surface area contributed by atoms with Crippen LogP contribution >= 0.6 is 11.6 Å². The van der Waals surface area contributed by atoms with Crippen LogP contribution in [0.1, 0.15) is 54.8 Å². The van der Waals surface area contributed by atoms with Gasteiger partial charge in [0.15, 0.2) is 0 Å². The molecule has 3 aliphatic rings. The molecule has 2 aliphatic heterocycles. The number of hydrogen-bond acceptors (Lipinski definition) is 5. The van der Waals surface area contributed by atoms with Crippen molar-refractivity contribution in [1.82, 2.24) is 4.57 Å². The van der Waals surface area contributed by atoms with Gasteiger partial charge in [-0.3, -0.25) is 4.79 Å². The van der Waals surface area contributed by atoms with Gasteiger partial charge < -0.3 is 23.9 Å². The lowest BCUT2D eigenvalue weighted by molar-refractivity contribution is -0.156. The first kappa shape index (κ1) is 19.5. The Morgan fingerprint density at radius 1 is 1.33 bits per heavy atom. The molecule has 5 rings (SSSR count). The molecule has 1 saturated heterocycles. The molecule has 2 aromatic rings. The average Bonchev–Trinajstić information content (AvgIpc) is 3.51. The minimum Gasteiger partial charge on any atom is -0.492 e. The first-order valence-corrected chi connectivity index (χ1v) is 10.5. The molecule has 0 bridgehead atoms. The molecule has 7 nitrogen and oxygen atoms in total. The van der Waals surface area contributed by atoms with Gasteiger partial charge in [-0.25, -0.2) is 4.79 Å². The second kappa shape index (κ2) is 6.75. The van der Waals surface area contributed by atoms with Gasteiger partial charge in [0.25, 0.3) is 5.56 Å². The summed E-state index contributed by atoms with van der Waals surface area (Å²) in [6, 6.07) is 4.95. The number of nitrogens with zero attached hydrogens (tertiary/aromatic N) is 1. The highest BCUT2D eigenvalue weighted by atomic mass is 35.5. The first-order chi connectivity index (χ1) is 14.3. The quantitative estimate of drug-likeness (QED) is 0.767. The second-order valence-corrected chi connectivity index (χ2v) is 8.84. The molecule has 0 radical (unpaired) electrons. The Kier molecular flexibility index (Phi) is 4.38. The van der Waals surface area contributed by atoms with Crippen LogP contribution in [0.5, 0.6) is 11.5 Å². The van der Waals surface area contributed by atoms with Crippen molar-refractivity contribution < 1.29 is 24.1 Å². The Balaban J connectivity index is 1.82. The Morgan fingerprint density at radius 2 is 2.07 bits per heavy atom. The summed E-state index contributed by atoms with van der Waals surface area (Å²) >= 11 is 6.46. The number of benzene rings is 1. The summed E-state index contributed by atoms with van der Waals surface area (Å²) in [4.78, 5) is 25.0. The van der Waals surface area contributed by atoms with E-state index in [0.29, 0.717) is 53.2 Å². The molecule has 1 unspecified atom stereocenters. The number of carboxylic acids is 1. The SMILES string of the molecule is CCOc1cc2c(cc1Cl)-c1c(cc(C(=O)O)c(=O)n1C1CC1)C(C1(C)COC1)O2. The van der Waals surface area contributed by atoms with Crippen molar-refractivity contribution >= 4 is 17.6 Å². The fourth-order valence-corrected chi connectivity index (χ4v) is 4.56. The fourth-order valence-electron chi connectivity index (χ4n) is 4.34. The van der Waals surface area contributed by atoms with Crippen molar-refractivity contribution in [2.75, 3.05) is 19.8 Å². The minimum atomic E-state index is -1.23. The van der Waals surface area contributed by atoms with Crippen LogP contribution in [0.25, 0.3) is 11.3 Å². The highest BCUT2D eigenvalue weighted by Crippen LogP contribution is 2.54. The summed E-state index contributed by atoms with van der Waals surface area (Å²) in [6.07, 6.45) is 1.22. The molecule has 2 fully saturated rings. The lowest BCUT2D eigenvalue weighted by Gasteiger charge is -2.46. The van der Waals surface area contributed by atoms with Crippen molar-refractivity contribution in [2.45, 2.75) is 38.8 Å². The highest BCUT2D eigenvalue weighted by molar-refractivity contribution is 6.32. The smallest absolute Gasteiger partial charge is 0.341 e. The Bertz CT molecular complexity index is 1120. The van der Waals surface area contributed by atoms with Gasteiger partial charge >= 0.3 is 5.97 Å². The molecule has 8 heteroatoms. The molecule has 1 saturated carbocycles. The van der Waals surface area contributed by atoms with Crippen molar-refractivity contribution in [2.24, 2.45) is 5.41 Å². The molecule has 1 aromatic heterocycles. The molecule has 0 spiro atoms. The molecule has 158 valence electrons. The van der Waals surface area contributed by atoms with Gasteiger partial charge in [0.1, 0.15) is 23.2 Å². The fraction of sp³-hybridized carbons (Fsp3) is 0.455. The number of halogens is 1. The predicted molar refractivity (Wildman–Crippen MR) is 110 cm³/mol. The van der Waals surface area contributed by atoms with Gasteiger partial charge in [-0.1, -0.05) is 18.5 Å². The number of carboxylic acid groups (broad SMARTS) is 1. The number of aromatic nitrogens is 1. The van der Waals surface area contributed by atoms with Crippen LogP contribution < -0.4 is 15.0 Å². The van der Waals surface area contributed by atoms with Crippen LogP contribution in [-0.2, 0) is 4.74 Å². The minimum absolute atomic E-state index is 0.0204. The number of fused-ring (bicyclic) bond motifs is 3. The summed E-state index contributed by atoms with van der Waals surface area (Å²) in [7, 11) is 0. The van der Waals surface area contributed by atoms with E-state index in [0.717, 1.165) is 12.8 Å². The van der Waals surface area contributed by atoms with Gasteiger partial charge in [0.05, 0.1) is 36.0 Å². The molecule has 1 aliphatic carbocycles. The molecule has 1 aromatic carbocycles. The number of carbonyl (C=O) groups is 1. The van der Waals surface area contributed by atoms with Crippen molar-refractivity contribution in [3.8, 4) is 22.8 Å². The topological polar surface area (TPSA) is 87.0 Å². The monoisotopic (exact) mass is 431 g/mol. The third-order valence-corrected chi connectivity index (χ3v) is 6.31. The number of ether oxygens (including phenoxy) is 3. The normalized spacial score (nSPS) is 21.1. The third kappa shape index (κ3) is 2.83. The average molecular weight is 432 g/mol. The van der Waals surface area contributed by atoms with Gasteiger partial charge in [0, 0.05) is 23.2 Å². The standard InChI is InChI=1S/C22H22ClNO6/c1-3-29-17-8-16-12(7-15(17)23)18-13(19(30-16)22(2)9-28-10-22)6-14(21(26)27)20(25)24(18)11-4-5-11/h6-8,11,19H,3-5,9-10H2,1-2H3,(H,26,27). The van der Waals surface area contributed by atoms with E-state index in [9.17, 15) is 14.7 Å². The lowest BCUT2D eigenvalue weighted by Crippen LogP contribution is -2.48. The molecule has 1 N–H and O–H groups in total. The molecule has 3 heterocycles. The zero-order valence-electron chi connectivity index (χ0n) is 16.7. The maximum absolute atomic E-state index is 13.1. The van der Waals surface area contributed by atoms with Gasteiger partial charge in [-0.2, -0.15) is 0 Å². The van der Waals surface area contributed by atoms with Gasteiger partial charge in [-0.05, 0) is 31.9 Å². The van der Waals surface area contributed by atoms with E-state index in [2.05, 4.69) is 0 Å². The third-order valence-electron chi connectivity index (χ3n) is 6.02. The van der Waals surface area contributed by atoms with E-state index >= 15 is 0 Å². The van der Waals surface area contributed by atoms with E-state index in [1.807, 2.05) is 13.8 Å². The molecule has 1 atom stereocenters. The highest BCUT2D eigenvalue weighted by Gasteiger charge is 2.48. The lowest BCUT2D eigenvalue weighted by atomic mass is 9.76. The van der Waals surface area contributed by atoms with Crippen LogP contribution in [-0.4, -0.2) is 35.5 Å². The summed E-state index contributed by atoms with van der Waals surface area (Å²) in [5.74, 6) is -0.149. The molecule has 0 amide bonds. The molecule has 30 heavy (non-hydrogen) atoms. The Labute approximate surface area is 178 Å². The summed E-state index contributed by atoms with van der Waals surface area (Å²) in [6.45, 7) is 5.35. The number of pyridine rings is 1. The van der Waals surface area contributed by atoms with Crippen molar-refractivity contribution in [1.29, 1.82) is 0 Å². The van der Waals surface area contributed by atoms with Crippen LogP contribution in [0.2, 0.25) is 5.02 Å². The number of aromatic carboxylic acids is 1. The predicted octanol–water partition coefficient (Wildman–Crippen LogP) is 4.07. The zero-order chi connectivity index (χ0) is 21.2. The van der Waals surface area contributed by atoms with Crippen LogP contribution in [0, 0.1) is 5.41 Å². The Hall–Kier alpha value is -2.51. The maximum atomic E-state index is 13.1. The van der Waals surface area contributed by atoms with E-state index in [1.165, 1.54) is 6.07 Å². The summed E-state index contributed by atoms with van der Waals surface area (Å²) in [5.41, 5.74) is 1.00. The molecular weight excluding hydrogens is 410 g/mol. The maximum Gasteiger partial charge on any atom is 0.341 e. The van der Waals surface area contributed by atoms with Gasteiger partial charge in [0.2, 0.25) is 0 Å². The summed E-state index contributed by atoms with van der Waals surface area (Å²) < 4.78 is 19.1. The van der Waals surface area contributed by atoms with E-state index in [1.54, 1.807) is 16.7 Å². The number of rotatable bonds is 5. The second-order valence-electron chi connectivity index (χ2n) is 8.43. The number of hydrogen-bond donors (Lipinski definition) is 1. The van der Waals surface area contributed by atoms with E-state index in [-0.39, 0.29) is 17.0 Å².